The summed E-state index contributed by atoms with van der Waals surface area (Å²) in [5.41, 5.74) is 3.40. The number of nitrogens with zero attached hydrogens (tertiary/aromatic N) is 4. The van der Waals surface area contributed by atoms with Gasteiger partial charge in [-0.2, -0.15) is 0 Å². The van der Waals surface area contributed by atoms with Gasteiger partial charge < -0.3 is 0 Å². The number of hydrogen-bond acceptors (Lipinski definition) is 6. The van der Waals surface area contributed by atoms with Crippen molar-refractivity contribution in [2.75, 3.05) is 9.80 Å². The van der Waals surface area contributed by atoms with Gasteiger partial charge in [0.2, 0.25) is 0 Å². The topological polar surface area (TPSA) is 101 Å². The molecule has 0 N–H and O–H groups in total. The first-order valence-electron chi connectivity index (χ1n) is 11.1. The van der Waals surface area contributed by atoms with Gasteiger partial charge in [0.05, 0.1) is 34.6 Å². The molecule has 0 saturated heterocycles. The molecule has 4 heterocycles. The number of anilines is 2. The second-order valence-corrected chi connectivity index (χ2v) is 8.64. The highest BCUT2D eigenvalue weighted by Gasteiger charge is 2.28. The summed E-state index contributed by atoms with van der Waals surface area (Å²) in [5.74, 6) is -1.52. The lowest BCUT2D eigenvalue weighted by molar-refractivity contribution is -0.121. The molecule has 3 aromatic rings. The molecule has 8 nitrogen and oxygen atoms in total. The predicted octanol–water partition coefficient (Wildman–Crippen LogP) is 1.51. The second-order valence-electron chi connectivity index (χ2n) is 8.64. The fraction of sp³-hybridized carbons (Fsp3) is 0.111. The highest BCUT2D eigenvalue weighted by atomic mass is 16.2. The number of imide groups is 2. The van der Waals surface area contributed by atoms with Crippen molar-refractivity contribution in [3.8, 4) is 0 Å². The summed E-state index contributed by atoms with van der Waals surface area (Å²) in [6.07, 6.45) is 10.8. The quantitative estimate of drug-likeness (QED) is 0.547. The van der Waals surface area contributed by atoms with Crippen molar-refractivity contribution >= 4 is 57.6 Å². The van der Waals surface area contributed by atoms with Gasteiger partial charge in [0.25, 0.3) is 23.6 Å². The molecule has 2 aromatic heterocycles. The first-order chi connectivity index (χ1) is 16.9. The number of carbonyl (C=O) groups excluding carboxylic acids is 4. The number of amides is 4. The van der Waals surface area contributed by atoms with Gasteiger partial charge in [-0.15, -0.1) is 0 Å². The van der Waals surface area contributed by atoms with Crippen LogP contribution in [0.1, 0.15) is 18.9 Å². The van der Waals surface area contributed by atoms with Crippen molar-refractivity contribution in [1.82, 2.24) is 9.97 Å². The van der Waals surface area contributed by atoms with E-state index in [1.54, 1.807) is 6.07 Å². The summed E-state index contributed by atoms with van der Waals surface area (Å²) in [6, 6.07) is 9.37. The molecule has 0 saturated carbocycles. The molecule has 6 rings (SSSR count). The second kappa shape index (κ2) is 7.66. The van der Waals surface area contributed by atoms with Crippen LogP contribution in [-0.2, 0) is 19.2 Å². The number of pyridine rings is 2. The molecule has 35 heavy (non-hydrogen) atoms. The molecular weight excluding hydrogens is 444 g/mol. The zero-order valence-electron chi connectivity index (χ0n) is 18.6. The van der Waals surface area contributed by atoms with Gasteiger partial charge in [0, 0.05) is 34.9 Å². The number of hydrogen-bond donors (Lipinski definition) is 0. The van der Waals surface area contributed by atoms with Gasteiger partial charge >= 0.3 is 0 Å². The third kappa shape index (κ3) is 3.22. The molecule has 1 aromatic carbocycles. The first kappa shape index (κ1) is 20.9. The molecule has 3 aliphatic rings. The van der Waals surface area contributed by atoms with Crippen molar-refractivity contribution in [3.63, 3.8) is 0 Å². The van der Waals surface area contributed by atoms with E-state index in [1.807, 2.05) is 30.3 Å². The monoisotopic (exact) mass is 462 g/mol. The van der Waals surface area contributed by atoms with E-state index in [0.717, 1.165) is 43.3 Å². The SMILES string of the molecule is CC1CC=c2ncc(N3C(=O)C=CC3=O)cc2=C1c1cccc2ncc(N3C(=O)C=CC3=O)cc12. The lowest BCUT2D eigenvalue weighted by atomic mass is 9.85. The summed E-state index contributed by atoms with van der Waals surface area (Å²) in [4.78, 5) is 60.3. The Bertz CT molecular complexity index is 1650. The largest absolute Gasteiger partial charge is 0.269 e. The summed E-state index contributed by atoms with van der Waals surface area (Å²) in [7, 11) is 0. The molecule has 8 heteroatoms. The first-order valence-corrected chi connectivity index (χ1v) is 11.1. The van der Waals surface area contributed by atoms with Crippen LogP contribution in [-0.4, -0.2) is 33.6 Å². The van der Waals surface area contributed by atoms with Crippen LogP contribution in [0.15, 0.2) is 67.0 Å². The van der Waals surface area contributed by atoms with Crippen LogP contribution in [0, 0.1) is 5.92 Å². The fourth-order valence-electron chi connectivity index (χ4n) is 4.85. The lowest BCUT2D eigenvalue weighted by Gasteiger charge is -2.22. The van der Waals surface area contributed by atoms with Gasteiger partial charge in [-0.05, 0) is 41.7 Å². The third-order valence-electron chi connectivity index (χ3n) is 6.49. The number of fused-ring (bicyclic) bond motifs is 2. The van der Waals surface area contributed by atoms with Gasteiger partial charge in [-0.3, -0.25) is 29.1 Å². The van der Waals surface area contributed by atoms with Gasteiger partial charge in [0.15, 0.2) is 0 Å². The van der Waals surface area contributed by atoms with E-state index in [0.29, 0.717) is 16.9 Å². The Morgan fingerprint density at radius 1 is 0.800 bits per heavy atom. The molecule has 170 valence electrons. The van der Waals surface area contributed by atoms with E-state index in [2.05, 4.69) is 16.9 Å². The zero-order chi connectivity index (χ0) is 24.3. The molecule has 1 unspecified atom stereocenters. The molecule has 4 amide bonds. The van der Waals surface area contributed by atoms with Crippen LogP contribution in [0.25, 0.3) is 22.6 Å². The minimum absolute atomic E-state index is 0.105. The molecule has 0 fully saturated rings. The van der Waals surface area contributed by atoms with Crippen LogP contribution >= 0.6 is 0 Å². The molecule has 0 spiro atoms. The lowest BCUT2D eigenvalue weighted by Crippen LogP contribution is -2.38. The van der Waals surface area contributed by atoms with Crippen LogP contribution in [0.3, 0.4) is 0 Å². The Hall–Kier alpha value is -4.72. The maximum Gasteiger partial charge on any atom is 0.258 e. The van der Waals surface area contributed by atoms with E-state index < -0.39 is 23.6 Å². The minimum atomic E-state index is -0.408. The zero-order valence-corrected chi connectivity index (χ0v) is 18.6. The number of aromatic nitrogens is 2. The summed E-state index contributed by atoms with van der Waals surface area (Å²) < 4.78 is 0. The van der Waals surface area contributed by atoms with Crippen molar-refractivity contribution in [1.29, 1.82) is 0 Å². The van der Waals surface area contributed by atoms with E-state index in [9.17, 15) is 19.2 Å². The van der Waals surface area contributed by atoms with Crippen molar-refractivity contribution in [2.45, 2.75) is 13.3 Å². The summed E-state index contributed by atoms with van der Waals surface area (Å²) >= 11 is 0. The van der Waals surface area contributed by atoms with Gasteiger partial charge in [-0.1, -0.05) is 25.1 Å². The van der Waals surface area contributed by atoms with Crippen LogP contribution in [0.4, 0.5) is 11.4 Å². The highest BCUT2D eigenvalue weighted by Crippen LogP contribution is 2.33. The minimum Gasteiger partial charge on any atom is -0.269 e. The fourth-order valence-corrected chi connectivity index (χ4v) is 4.85. The maximum absolute atomic E-state index is 12.3. The molecule has 1 atom stereocenters. The Morgan fingerprint density at radius 3 is 2.06 bits per heavy atom. The number of carbonyl (C=O) groups is 4. The maximum atomic E-state index is 12.3. The molecule has 0 radical (unpaired) electrons. The summed E-state index contributed by atoms with van der Waals surface area (Å²) in [5, 5.41) is 2.37. The molecular formula is C27H18N4O4. The van der Waals surface area contributed by atoms with E-state index in [-0.39, 0.29) is 5.92 Å². The van der Waals surface area contributed by atoms with Crippen molar-refractivity contribution < 1.29 is 19.2 Å². The van der Waals surface area contributed by atoms with Crippen LogP contribution in [0.2, 0.25) is 0 Å². The smallest absolute Gasteiger partial charge is 0.258 e. The van der Waals surface area contributed by atoms with Crippen LogP contribution in [0.5, 0.6) is 0 Å². The third-order valence-corrected chi connectivity index (χ3v) is 6.49. The molecule has 0 bridgehead atoms. The van der Waals surface area contributed by atoms with E-state index in [1.165, 1.54) is 36.7 Å². The Kier molecular flexibility index (Phi) is 4.57. The Labute approximate surface area is 199 Å². The molecule has 2 aliphatic heterocycles. The van der Waals surface area contributed by atoms with E-state index in [4.69, 9.17) is 0 Å². The number of benzene rings is 1. The Morgan fingerprint density at radius 2 is 1.40 bits per heavy atom. The Balaban J connectivity index is 1.60. The standard InChI is InChI=1S/C27H18N4O4/c1-15-5-6-22-20(12-17(14-29-22)31-25(34)9-10-26(31)35)27(15)18-3-2-4-21-19(18)11-16(13-28-21)30-23(32)7-8-24(30)33/h2-4,6-15H,5H2,1H3. The van der Waals surface area contributed by atoms with E-state index >= 15 is 0 Å². The van der Waals surface area contributed by atoms with Gasteiger partial charge in [0.1, 0.15) is 0 Å². The average molecular weight is 462 g/mol. The van der Waals surface area contributed by atoms with Crippen LogP contribution < -0.4 is 20.4 Å². The van der Waals surface area contributed by atoms with Crippen molar-refractivity contribution in [3.05, 3.63) is 83.2 Å². The predicted molar refractivity (Wildman–Crippen MR) is 129 cm³/mol. The molecule has 1 aliphatic carbocycles. The summed E-state index contributed by atoms with van der Waals surface area (Å²) in [6.45, 7) is 2.10. The van der Waals surface area contributed by atoms with Gasteiger partial charge in [-0.25, -0.2) is 9.80 Å². The normalized spacial score (nSPS) is 19.2. The average Bonchev–Trinajstić information content (AvgIpc) is 3.37. The highest BCUT2D eigenvalue weighted by molar-refractivity contribution is 6.29. The van der Waals surface area contributed by atoms with Crippen molar-refractivity contribution in [2.24, 2.45) is 5.92 Å². The number of rotatable bonds is 3.